The lowest BCUT2D eigenvalue weighted by atomic mass is 10.2. The Morgan fingerprint density at radius 2 is 1.96 bits per heavy atom. The Hall–Kier alpha value is -2.57. The fourth-order valence-electron chi connectivity index (χ4n) is 2.78. The van der Waals surface area contributed by atoms with E-state index in [1.165, 1.54) is 5.69 Å². The zero-order valence-electron chi connectivity index (χ0n) is 13.5. The summed E-state index contributed by atoms with van der Waals surface area (Å²) in [5.41, 5.74) is 1.29. The quantitative estimate of drug-likeness (QED) is 0.664. The van der Waals surface area contributed by atoms with Gasteiger partial charge in [0.2, 0.25) is 0 Å². The standard InChI is InChI=1S/C16H23N7/c1-17-16(19-7-8-23-14-18-13-20-23)22-11-9-21(10-12-22)15-5-3-2-4-6-15/h2-6,13-14H,7-12H2,1H3,(H,17,19). The number of aromatic nitrogens is 3. The maximum atomic E-state index is 4.40. The van der Waals surface area contributed by atoms with Crippen molar-refractivity contribution in [2.24, 2.45) is 4.99 Å². The number of rotatable bonds is 4. The van der Waals surface area contributed by atoms with Crippen LogP contribution in [0.3, 0.4) is 0 Å². The molecule has 1 N–H and O–H groups in total. The fourth-order valence-corrected chi connectivity index (χ4v) is 2.78. The van der Waals surface area contributed by atoms with Gasteiger partial charge in [-0.15, -0.1) is 0 Å². The summed E-state index contributed by atoms with van der Waals surface area (Å²) in [6.45, 7) is 5.52. The third kappa shape index (κ3) is 4.00. The van der Waals surface area contributed by atoms with Crippen LogP contribution >= 0.6 is 0 Å². The van der Waals surface area contributed by atoms with Crippen LogP contribution < -0.4 is 10.2 Å². The van der Waals surface area contributed by atoms with E-state index in [0.29, 0.717) is 0 Å². The molecule has 0 bridgehead atoms. The Morgan fingerprint density at radius 1 is 1.17 bits per heavy atom. The Labute approximate surface area is 136 Å². The number of nitrogens with zero attached hydrogens (tertiary/aromatic N) is 6. The van der Waals surface area contributed by atoms with Crippen LogP contribution in [0.1, 0.15) is 0 Å². The van der Waals surface area contributed by atoms with Gasteiger partial charge in [0, 0.05) is 45.5 Å². The number of hydrogen-bond acceptors (Lipinski definition) is 4. The Kier molecular flexibility index (Phi) is 5.08. The summed E-state index contributed by atoms with van der Waals surface area (Å²) in [5.74, 6) is 0.956. The number of para-hydroxylation sites is 1. The molecular weight excluding hydrogens is 290 g/mol. The van der Waals surface area contributed by atoms with Gasteiger partial charge in [-0.1, -0.05) is 18.2 Å². The normalized spacial score (nSPS) is 15.8. The van der Waals surface area contributed by atoms with Gasteiger partial charge in [-0.3, -0.25) is 9.67 Å². The number of piperazine rings is 1. The topological polar surface area (TPSA) is 61.6 Å². The highest BCUT2D eigenvalue weighted by molar-refractivity contribution is 5.80. The van der Waals surface area contributed by atoms with Crippen molar-refractivity contribution in [3.63, 3.8) is 0 Å². The maximum absolute atomic E-state index is 4.40. The summed E-state index contributed by atoms with van der Waals surface area (Å²) in [4.78, 5) is 13.1. The van der Waals surface area contributed by atoms with Gasteiger partial charge in [0.05, 0.1) is 6.54 Å². The smallest absolute Gasteiger partial charge is 0.193 e. The van der Waals surface area contributed by atoms with Crippen LogP contribution in [0.25, 0.3) is 0 Å². The summed E-state index contributed by atoms with van der Waals surface area (Å²) >= 11 is 0. The van der Waals surface area contributed by atoms with Gasteiger partial charge < -0.3 is 15.1 Å². The summed E-state index contributed by atoms with van der Waals surface area (Å²) in [6.07, 6.45) is 3.28. The zero-order valence-corrected chi connectivity index (χ0v) is 13.5. The highest BCUT2D eigenvalue weighted by Crippen LogP contribution is 2.15. The molecule has 2 aromatic rings. The van der Waals surface area contributed by atoms with Gasteiger partial charge in [0.15, 0.2) is 5.96 Å². The van der Waals surface area contributed by atoms with Gasteiger partial charge in [-0.2, -0.15) is 5.10 Å². The van der Waals surface area contributed by atoms with Gasteiger partial charge in [-0.25, -0.2) is 4.98 Å². The molecule has 0 spiro atoms. The molecule has 23 heavy (non-hydrogen) atoms. The van der Waals surface area contributed by atoms with E-state index in [1.807, 2.05) is 11.7 Å². The van der Waals surface area contributed by atoms with E-state index < -0.39 is 0 Å². The van der Waals surface area contributed by atoms with Crippen molar-refractivity contribution in [2.45, 2.75) is 6.54 Å². The first-order chi connectivity index (χ1) is 11.4. The molecule has 7 nitrogen and oxygen atoms in total. The largest absolute Gasteiger partial charge is 0.368 e. The Morgan fingerprint density at radius 3 is 2.61 bits per heavy atom. The van der Waals surface area contributed by atoms with Gasteiger partial charge in [-0.05, 0) is 12.1 Å². The molecule has 1 aromatic heterocycles. The van der Waals surface area contributed by atoms with Gasteiger partial charge in [0.25, 0.3) is 0 Å². The SMILES string of the molecule is CN=C(NCCn1cncn1)N1CCN(c2ccccc2)CC1. The summed E-state index contributed by atoms with van der Waals surface area (Å²) in [5, 5.41) is 7.50. The fraction of sp³-hybridized carbons (Fsp3) is 0.438. The Balaban J connectivity index is 1.47. The van der Waals surface area contributed by atoms with Crippen molar-refractivity contribution in [3.05, 3.63) is 43.0 Å². The molecule has 0 atom stereocenters. The predicted octanol–water partition coefficient (Wildman–Crippen LogP) is 0.676. The minimum absolute atomic E-state index is 0.781. The van der Waals surface area contributed by atoms with Crippen molar-refractivity contribution in [2.75, 3.05) is 44.7 Å². The molecule has 122 valence electrons. The molecule has 1 saturated heterocycles. The monoisotopic (exact) mass is 313 g/mol. The third-order valence-corrected chi connectivity index (χ3v) is 4.00. The first-order valence-electron chi connectivity index (χ1n) is 7.95. The molecule has 1 aliphatic rings. The minimum Gasteiger partial charge on any atom is -0.368 e. The summed E-state index contributed by atoms with van der Waals surface area (Å²) in [6, 6.07) is 10.6. The summed E-state index contributed by atoms with van der Waals surface area (Å²) < 4.78 is 1.81. The summed E-state index contributed by atoms with van der Waals surface area (Å²) in [7, 11) is 1.83. The number of benzene rings is 1. The van der Waals surface area contributed by atoms with E-state index in [0.717, 1.165) is 45.2 Å². The van der Waals surface area contributed by atoms with Crippen molar-refractivity contribution in [1.82, 2.24) is 25.0 Å². The highest BCUT2D eigenvalue weighted by Gasteiger charge is 2.19. The second kappa shape index (κ2) is 7.62. The second-order valence-corrected chi connectivity index (χ2v) is 5.44. The average Bonchev–Trinajstić information content (AvgIpc) is 3.13. The van der Waals surface area contributed by atoms with E-state index >= 15 is 0 Å². The first kappa shape index (κ1) is 15.3. The lowest BCUT2D eigenvalue weighted by Crippen LogP contribution is -2.52. The second-order valence-electron chi connectivity index (χ2n) is 5.44. The molecule has 0 saturated carbocycles. The molecule has 1 fully saturated rings. The number of guanidine groups is 1. The molecular formula is C16H23N7. The zero-order chi connectivity index (χ0) is 15.9. The van der Waals surface area contributed by atoms with E-state index in [9.17, 15) is 0 Å². The number of nitrogens with one attached hydrogen (secondary N) is 1. The molecule has 0 radical (unpaired) electrons. The van der Waals surface area contributed by atoms with Crippen LogP contribution in [-0.2, 0) is 6.54 Å². The third-order valence-electron chi connectivity index (χ3n) is 4.00. The molecule has 1 aromatic carbocycles. The van der Waals surface area contributed by atoms with Crippen LogP contribution in [0.15, 0.2) is 48.0 Å². The number of anilines is 1. The van der Waals surface area contributed by atoms with Gasteiger partial charge in [0.1, 0.15) is 12.7 Å². The Bertz CT molecular complexity index is 601. The van der Waals surface area contributed by atoms with Crippen molar-refractivity contribution < 1.29 is 0 Å². The average molecular weight is 313 g/mol. The highest BCUT2D eigenvalue weighted by atomic mass is 15.4. The van der Waals surface area contributed by atoms with E-state index in [4.69, 9.17) is 0 Å². The molecule has 2 heterocycles. The molecule has 0 unspecified atom stereocenters. The molecule has 1 aliphatic heterocycles. The van der Waals surface area contributed by atoms with E-state index in [-0.39, 0.29) is 0 Å². The van der Waals surface area contributed by atoms with Gasteiger partial charge >= 0.3 is 0 Å². The molecule has 7 heteroatoms. The van der Waals surface area contributed by atoms with Crippen molar-refractivity contribution >= 4 is 11.6 Å². The number of hydrogen-bond donors (Lipinski definition) is 1. The van der Waals surface area contributed by atoms with Crippen molar-refractivity contribution in [3.8, 4) is 0 Å². The van der Waals surface area contributed by atoms with Crippen LogP contribution in [0.4, 0.5) is 5.69 Å². The number of aliphatic imine (C=N–C) groups is 1. The molecule has 3 rings (SSSR count). The van der Waals surface area contributed by atoms with Crippen LogP contribution in [0.5, 0.6) is 0 Å². The van der Waals surface area contributed by atoms with Crippen molar-refractivity contribution in [1.29, 1.82) is 0 Å². The predicted molar refractivity (Wildman–Crippen MR) is 91.6 cm³/mol. The maximum Gasteiger partial charge on any atom is 0.193 e. The minimum atomic E-state index is 0.781. The lowest BCUT2D eigenvalue weighted by Gasteiger charge is -2.37. The van der Waals surface area contributed by atoms with Crippen LogP contribution in [-0.4, -0.2) is 65.4 Å². The van der Waals surface area contributed by atoms with Crippen LogP contribution in [0, 0.1) is 0 Å². The van der Waals surface area contributed by atoms with E-state index in [2.05, 4.69) is 60.5 Å². The molecule has 0 amide bonds. The lowest BCUT2D eigenvalue weighted by molar-refractivity contribution is 0.371. The molecule has 0 aliphatic carbocycles. The first-order valence-corrected chi connectivity index (χ1v) is 7.95. The van der Waals surface area contributed by atoms with E-state index in [1.54, 1.807) is 12.7 Å². The van der Waals surface area contributed by atoms with Crippen LogP contribution in [0.2, 0.25) is 0 Å².